The first-order valence-electron chi connectivity index (χ1n) is 10.4. The van der Waals surface area contributed by atoms with Crippen molar-refractivity contribution in [1.29, 1.82) is 0 Å². The molecule has 29 heavy (non-hydrogen) atoms. The molecule has 0 radical (unpaired) electrons. The molecule has 0 saturated carbocycles. The minimum Gasteiger partial charge on any atom is -0.484 e. The van der Waals surface area contributed by atoms with Crippen LogP contribution in [0.15, 0.2) is 60.7 Å². The van der Waals surface area contributed by atoms with Gasteiger partial charge in [-0.05, 0) is 28.7 Å². The average molecular weight is 393 g/mol. The number of hydrogen-bond acceptors (Lipinski definition) is 3. The van der Waals surface area contributed by atoms with Crippen LogP contribution in [0.1, 0.15) is 31.9 Å². The monoisotopic (exact) mass is 392 g/mol. The summed E-state index contributed by atoms with van der Waals surface area (Å²) in [5, 5.41) is 0. The minimum atomic E-state index is 0.0596. The Morgan fingerprint density at radius 2 is 1.62 bits per heavy atom. The summed E-state index contributed by atoms with van der Waals surface area (Å²) < 4.78 is 5.71. The van der Waals surface area contributed by atoms with Crippen LogP contribution in [0.25, 0.3) is 6.08 Å². The molecule has 0 aromatic heterocycles. The van der Waals surface area contributed by atoms with E-state index in [0.29, 0.717) is 0 Å². The molecule has 1 saturated heterocycles. The number of benzene rings is 2. The first-order chi connectivity index (χ1) is 13.9. The van der Waals surface area contributed by atoms with E-state index in [2.05, 4.69) is 62.1 Å². The van der Waals surface area contributed by atoms with E-state index in [-0.39, 0.29) is 17.9 Å². The highest BCUT2D eigenvalue weighted by Gasteiger charge is 2.21. The van der Waals surface area contributed by atoms with Gasteiger partial charge in [0.05, 0.1) is 0 Å². The Bertz CT molecular complexity index is 799. The van der Waals surface area contributed by atoms with Gasteiger partial charge in [0.25, 0.3) is 5.91 Å². The summed E-state index contributed by atoms with van der Waals surface area (Å²) in [4.78, 5) is 16.7. The maximum absolute atomic E-state index is 12.5. The van der Waals surface area contributed by atoms with Gasteiger partial charge in [0, 0.05) is 32.7 Å². The number of nitrogens with zero attached hydrogens (tertiary/aromatic N) is 2. The Morgan fingerprint density at radius 3 is 2.24 bits per heavy atom. The number of carbonyl (C=O) groups is 1. The highest BCUT2D eigenvalue weighted by atomic mass is 16.5. The maximum Gasteiger partial charge on any atom is 0.260 e. The lowest BCUT2D eigenvalue weighted by Gasteiger charge is -2.34. The third-order valence-corrected chi connectivity index (χ3v) is 5.28. The van der Waals surface area contributed by atoms with Crippen LogP contribution in [0.5, 0.6) is 5.75 Å². The summed E-state index contributed by atoms with van der Waals surface area (Å²) in [6.07, 6.45) is 4.34. The number of carbonyl (C=O) groups excluding carboxylic acids is 1. The molecule has 2 aromatic rings. The summed E-state index contributed by atoms with van der Waals surface area (Å²) in [5.74, 6) is 0.806. The van der Waals surface area contributed by atoms with Gasteiger partial charge in [0.15, 0.2) is 6.61 Å². The maximum atomic E-state index is 12.5. The molecule has 2 aromatic carbocycles. The van der Waals surface area contributed by atoms with E-state index in [0.717, 1.165) is 38.5 Å². The molecular weight excluding hydrogens is 360 g/mol. The van der Waals surface area contributed by atoms with Crippen molar-refractivity contribution in [3.05, 3.63) is 71.8 Å². The number of hydrogen-bond donors (Lipinski definition) is 0. The van der Waals surface area contributed by atoms with Crippen molar-refractivity contribution < 1.29 is 9.53 Å². The smallest absolute Gasteiger partial charge is 0.260 e. The van der Waals surface area contributed by atoms with Crippen LogP contribution in [-0.2, 0) is 10.2 Å². The van der Waals surface area contributed by atoms with Crippen LogP contribution < -0.4 is 4.74 Å². The topological polar surface area (TPSA) is 32.8 Å². The molecule has 0 aliphatic carbocycles. The van der Waals surface area contributed by atoms with Crippen LogP contribution in [-0.4, -0.2) is 55.0 Å². The molecule has 0 unspecified atom stereocenters. The summed E-state index contributed by atoms with van der Waals surface area (Å²) in [5.41, 5.74) is 2.59. The quantitative estimate of drug-likeness (QED) is 0.738. The second-order valence-corrected chi connectivity index (χ2v) is 8.56. The first kappa shape index (κ1) is 21.1. The molecule has 3 rings (SSSR count). The number of ether oxygens (including phenoxy) is 1. The van der Waals surface area contributed by atoms with Crippen molar-refractivity contribution >= 4 is 12.0 Å². The van der Waals surface area contributed by atoms with Gasteiger partial charge < -0.3 is 9.64 Å². The summed E-state index contributed by atoms with van der Waals surface area (Å²) in [6, 6.07) is 18.4. The van der Waals surface area contributed by atoms with E-state index in [1.54, 1.807) is 0 Å². The van der Waals surface area contributed by atoms with Crippen molar-refractivity contribution in [2.75, 3.05) is 39.3 Å². The second kappa shape index (κ2) is 9.75. The van der Waals surface area contributed by atoms with E-state index >= 15 is 0 Å². The van der Waals surface area contributed by atoms with Crippen LogP contribution in [0, 0.1) is 0 Å². The molecule has 1 aliphatic heterocycles. The zero-order valence-electron chi connectivity index (χ0n) is 17.8. The molecule has 0 atom stereocenters. The van der Waals surface area contributed by atoms with Crippen LogP contribution in [0.3, 0.4) is 0 Å². The fourth-order valence-corrected chi connectivity index (χ4v) is 3.37. The molecule has 1 heterocycles. The Kier molecular flexibility index (Phi) is 7.10. The molecule has 0 spiro atoms. The SMILES string of the molecule is CC(C)(C)c1ccc(OCC(=O)N2CCN(C/C=C/c3ccccc3)CC2)cc1. The Morgan fingerprint density at radius 1 is 0.966 bits per heavy atom. The molecular formula is C25H32N2O2. The fraction of sp³-hybridized carbons (Fsp3) is 0.400. The lowest BCUT2D eigenvalue weighted by Crippen LogP contribution is -2.49. The summed E-state index contributed by atoms with van der Waals surface area (Å²) in [7, 11) is 0. The van der Waals surface area contributed by atoms with Crippen molar-refractivity contribution in [3.63, 3.8) is 0 Å². The van der Waals surface area contributed by atoms with Gasteiger partial charge >= 0.3 is 0 Å². The molecule has 0 N–H and O–H groups in total. The minimum absolute atomic E-state index is 0.0596. The van der Waals surface area contributed by atoms with Gasteiger partial charge in [-0.15, -0.1) is 0 Å². The van der Waals surface area contributed by atoms with Gasteiger partial charge in [0.2, 0.25) is 0 Å². The normalized spacial score (nSPS) is 15.6. The third-order valence-electron chi connectivity index (χ3n) is 5.28. The zero-order valence-corrected chi connectivity index (χ0v) is 17.8. The van der Waals surface area contributed by atoms with Crippen molar-refractivity contribution in [1.82, 2.24) is 9.80 Å². The van der Waals surface area contributed by atoms with Crippen LogP contribution >= 0.6 is 0 Å². The van der Waals surface area contributed by atoms with Gasteiger partial charge in [-0.25, -0.2) is 0 Å². The van der Waals surface area contributed by atoms with E-state index in [1.165, 1.54) is 11.1 Å². The van der Waals surface area contributed by atoms with Crippen molar-refractivity contribution in [2.24, 2.45) is 0 Å². The number of piperazine rings is 1. The van der Waals surface area contributed by atoms with E-state index in [1.807, 2.05) is 35.2 Å². The average Bonchev–Trinajstić information content (AvgIpc) is 2.73. The largest absolute Gasteiger partial charge is 0.484 e. The highest BCUT2D eigenvalue weighted by Crippen LogP contribution is 2.24. The Balaban J connectivity index is 1.39. The molecule has 1 amide bonds. The lowest BCUT2D eigenvalue weighted by molar-refractivity contribution is -0.135. The predicted molar refractivity (Wildman–Crippen MR) is 119 cm³/mol. The zero-order chi connectivity index (χ0) is 20.7. The van der Waals surface area contributed by atoms with Crippen molar-refractivity contribution in [3.8, 4) is 5.75 Å². The van der Waals surface area contributed by atoms with E-state index < -0.39 is 0 Å². The second-order valence-electron chi connectivity index (χ2n) is 8.56. The summed E-state index contributed by atoms with van der Waals surface area (Å²) in [6.45, 7) is 10.9. The summed E-state index contributed by atoms with van der Waals surface area (Å²) >= 11 is 0. The fourth-order valence-electron chi connectivity index (χ4n) is 3.37. The van der Waals surface area contributed by atoms with E-state index in [9.17, 15) is 4.79 Å². The van der Waals surface area contributed by atoms with Gasteiger partial charge in [-0.3, -0.25) is 9.69 Å². The van der Waals surface area contributed by atoms with E-state index in [4.69, 9.17) is 4.74 Å². The molecule has 1 aliphatic rings. The van der Waals surface area contributed by atoms with Crippen LogP contribution in [0.4, 0.5) is 0 Å². The first-order valence-corrected chi connectivity index (χ1v) is 10.4. The van der Waals surface area contributed by atoms with Crippen LogP contribution in [0.2, 0.25) is 0 Å². The highest BCUT2D eigenvalue weighted by molar-refractivity contribution is 5.77. The molecule has 1 fully saturated rings. The molecule has 4 heteroatoms. The molecule has 0 bridgehead atoms. The van der Waals surface area contributed by atoms with Gasteiger partial charge in [-0.1, -0.05) is 75.4 Å². The Labute approximate surface area is 174 Å². The van der Waals surface area contributed by atoms with Gasteiger partial charge in [-0.2, -0.15) is 0 Å². The predicted octanol–water partition coefficient (Wildman–Crippen LogP) is 4.22. The van der Waals surface area contributed by atoms with Gasteiger partial charge in [0.1, 0.15) is 5.75 Å². The molecule has 4 nitrogen and oxygen atoms in total. The standard InChI is InChI=1S/C25H32N2O2/c1-25(2,3)22-11-13-23(14-12-22)29-20-24(28)27-18-16-26(17-19-27)15-7-10-21-8-5-4-6-9-21/h4-14H,15-20H2,1-3H3/b10-7+. The number of amides is 1. The third kappa shape index (κ3) is 6.47. The Hall–Kier alpha value is -2.59. The van der Waals surface area contributed by atoms with Crippen molar-refractivity contribution in [2.45, 2.75) is 26.2 Å². The molecule has 154 valence electrons. The number of rotatable bonds is 6. The lowest BCUT2D eigenvalue weighted by atomic mass is 9.87.